The van der Waals surface area contributed by atoms with Crippen LogP contribution in [0.3, 0.4) is 0 Å². The van der Waals surface area contributed by atoms with Gasteiger partial charge in [0, 0.05) is 18.7 Å². The predicted octanol–water partition coefficient (Wildman–Crippen LogP) is 0.217. The van der Waals surface area contributed by atoms with E-state index in [0.29, 0.717) is 18.7 Å². The first-order chi connectivity index (χ1) is 7.02. The quantitative estimate of drug-likeness (QED) is 0.159. The summed E-state index contributed by atoms with van der Waals surface area (Å²) in [5.74, 6) is 0.952. The molecular formula is C9H21N3O2S. The van der Waals surface area contributed by atoms with Crippen LogP contribution in [0.25, 0.3) is 0 Å². The van der Waals surface area contributed by atoms with Crippen LogP contribution in [0.5, 0.6) is 0 Å². The van der Waals surface area contributed by atoms with E-state index < -0.39 is 5.60 Å². The molecule has 15 heavy (non-hydrogen) atoms. The molecule has 0 saturated heterocycles. The van der Waals surface area contributed by atoms with Gasteiger partial charge in [-0.2, -0.15) is 11.8 Å². The van der Waals surface area contributed by atoms with Crippen molar-refractivity contribution < 1.29 is 10.3 Å². The summed E-state index contributed by atoms with van der Waals surface area (Å²) < 4.78 is 0. The number of nitrogens with two attached hydrogens (primary N) is 1. The lowest BCUT2D eigenvalue weighted by Crippen LogP contribution is -2.40. The lowest BCUT2D eigenvalue weighted by Gasteiger charge is -2.22. The van der Waals surface area contributed by atoms with E-state index in [1.807, 2.05) is 6.26 Å². The number of amidine groups is 1. The third-order valence-electron chi connectivity index (χ3n) is 1.88. The second kappa shape index (κ2) is 7.78. The molecule has 0 aliphatic carbocycles. The molecule has 0 bridgehead atoms. The van der Waals surface area contributed by atoms with Gasteiger partial charge in [-0.3, -0.25) is 0 Å². The van der Waals surface area contributed by atoms with Crippen molar-refractivity contribution in [3.8, 4) is 0 Å². The normalized spacial score (nSPS) is 16.3. The molecule has 0 spiro atoms. The summed E-state index contributed by atoms with van der Waals surface area (Å²) in [6.07, 6.45) is 3.33. The number of thioether (sulfide) groups is 1. The summed E-state index contributed by atoms with van der Waals surface area (Å²) in [6.45, 7) is 3.12. The molecule has 0 aromatic rings. The molecule has 6 heteroatoms. The highest BCUT2D eigenvalue weighted by Crippen LogP contribution is 2.08. The summed E-state index contributed by atoms with van der Waals surface area (Å²) in [5.41, 5.74) is 4.64. The van der Waals surface area contributed by atoms with Crippen LogP contribution in [0.15, 0.2) is 5.16 Å². The average Bonchev–Trinajstić information content (AvgIpc) is 2.16. The van der Waals surface area contributed by atoms with Gasteiger partial charge in [-0.25, -0.2) is 0 Å². The highest BCUT2D eigenvalue weighted by molar-refractivity contribution is 7.98. The van der Waals surface area contributed by atoms with Crippen LogP contribution in [0, 0.1) is 0 Å². The van der Waals surface area contributed by atoms with Gasteiger partial charge in [0.25, 0.3) is 0 Å². The third-order valence-corrected chi connectivity index (χ3v) is 2.79. The number of aliphatic hydroxyl groups is 1. The zero-order chi connectivity index (χ0) is 11.7. The van der Waals surface area contributed by atoms with Crippen LogP contribution in [0.1, 0.15) is 19.8 Å². The average molecular weight is 235 g/mol. The van der Waals surface area contributed by atoms with E-state index >= 15 is 0 Å². The van der Waals surface area contributed by atoms with Crippen molar-refractivity contribution in [3.63, 3.8) is 0 Å². The first kappa shape index (κ1) is 14.5. The highest BCUT2D eigenvalue weighted by atomic mass is 32.2. The number of nitrogens with one attached hydrogen (secondary N) is 1. The minimum Gasteiger partial charge on any atom is -0.409 e. The molecule has 90 valence electrons. The van der Waals surface area contributed by atoms with Crippen molar-refractivity contribution in [2.24, 2.45) is 10.9 Å². The van der Waals surface area contributed by atoms with E-state index in [1.165, 1.54) is 0 Å². The topological polar surface area (TPSA) is 90.9 Å². The van der Waals surface area contributed by atoms with Gasteiger partial charge in [0.2, 0.25) is 0 Å². The minimum absolute atomic E-state index is 0.243. The van der Waals surface area contributed by atoms with Gasteiger partial charge in [0.15, 0.2) is 0 Å². The van der Waals surface area contributed by atoms with Gasteiger partial charge in [0.05, 0.1) is 5.60 Å². The molecule has 0 saturated carbocycles. The molecule has 1 atom stereocenters. The van der Waals surface area contributed by atoms with Crippen molar-refractivity contribution in [2.45, 2.75) is 25.4 Å². The van der Waals surface area contributed by atoms with E-state index in [-0.39, 0.29) is 5.84 Å². The van der Waals surface area contributed by atoms with Crippen LogP contribution in [0.4, 0.5) is 0 Å². The van der Waals surface area contributed by atoms with Gasteiger partial charge in [-0.05, 0) is 26.1 Å². The van der Waals surface area contributed by atoms with E-state index in [9.17, 15) is 5.11 Å². The monoisotopic (exact) mass is 235 g/mol. The smallest absolute Gasteiger partial charge is 0.139 e. The lowest BCUT2D eigenvalue weighted by molar-refractivity contribution is 0.0851. The molecule has 0 heterocycles. The Kier molecular flexibility index (Phi) is 7.54. The molecule has 0 radical (unpaired) electrons. The molecular weight excluding hydrogens is 214 g/mol. The Morgan fingerprint density at radius 3 is 2.80 bits per heavy atom. The Morgan fingerprint density at radius 1 is 1.60 bits per heavy atom. The van der Waals surface area contributed by atoms with Crippen molar-refractivity contribution >= 4 is 17.6 Å². The Bertz CT molecular complexity index is 198. The number of nitrogens with zero attached hydrogens (tertiary/aromatic N) is 1. The standard InChI is InChI=1S/C9H21N3O2S/c1-9(13,7-15-2)6-11-5-3-4-8(10)12-14/h11,13-14H,3-7H2,1-2H3,(H2,10,12). The molecule has 1 unspecified atom stereocenters. The molecule has 0 amide bonds. The van der Waals surface area contributed by atoms with E-state index in [2.05, 4.69) is 10.5 Å². The second-order valence-corrected chi connectivity index (χ2v) is 4.67. The first-order valence-corrected chi connectivity index (χ1v) is 6.29. The van der Waals surface area contributed by atoms with Crippen LogP contribution in [0.2, 0.25) is 0 Å². The Morgan fingerprint density at radius 2 is 2.27 bits per heavy atom. The molecule has 0 aliphatic heterocycles. The Hall–Kier alpha value is -0.460. The largest absolute Gasteiger partial charge is 0.409 e. The molecule has 5 nitrogen and oxygen atoms in total. The van der Waals surface area contributed by atoms with Crippen molar-refractivity contribution in [1.82, 2.24) is 5.32 Å². The van der Waals surface area contributed by atoms with Crippen molar-refractivity contribution in [3.05, 3.63) is 0 Å². The highest BCUT2D eigenvalue weighted by Gasteiger charge is 2.18. The lowest BCUT2D eigenvalue weighted by atomic mass is 10.1. The molecule has 0 aromatic carbocycles. The van der Waals surface area contributed by atoms with Crippen LogP contribution in [-0.4, -0.2) is 46.8 Å². The van der Waals surface area contributed by atoms with Crippen LogP contribution < -0.4 is 11.1 Å². The van der Waals surface area contributed by atoms with Crippen LogP contribution >= 0.6 is 11.8 Å². The third kappa shape index (κ3) is 8.53. The minimum atomic E-state index is -0.671. The summed E-state index contributed by atoms with van der Waals surface area (Å²) >= 11 is 1.62. The number of rotatable bonds is 8. The molecule has 0 aromatic heterocycles. The predicted molar refractivity (Wildman–Crippen MR) is 64.5 cm³/mol. The maximum Gasteiger partial charge on any atom is 0.139 e. The fourth-order valence-corrected chi connectivity index (χ4v) is 1.89. The summed E-state index contributed by atoms with van der Waals surface area (Å²) in [7, 11) is 0. The molecule has 0 rings (SSSR count). The molecule has 5 N–H and O–H groups in total. The fourth-order valence-electron chi connectivity index (χ4n) is 1.16. The fraction of sp³-hybridized carbons (Fsp3) is 0.889. The van der Waals surface area contributed by atoms with Crippen LogP contribution in [-0.2, 0) is 0 Å². The first-order valence-electron chi connectivity index (χ1n) is 4.90. The van der Waals surface area contributed by atoms with Crippen molar-refractivity contribution in [1.29, 1.82) is 0 Å². The van der Waals surface area contributed by atoms with Gasteiger partial charge in [-0.1, -0.05) is 5.16 Å². The SMILES string of the molecule is CSCC(C)(O)CNCCCC(N)=NO. The van der Waals surface area contributed by atoms with Gasteiger partial charge < -0.3 is 21.4 Å². The second-order valence-electron chi connectivity index (χ2n) is 3.80. The van der Waals surface area contributed by atoms with Crippen molar-refractivity contribution in [2.75, 3.05) is 25.1 Å². The number of oxime groups is 1. The Labute approximate surface area is 95.1 Å². The van der Waals surface area contributed by atoms with E-state index in [1.54, 1.807) is 18.7 Å². The maximum absolute atomic E-state index is 9.80. The summed E-state index contributed by atoms with van der Waals surface area (Å²) in [6, 6.07) is 0. The van der Waals surface area contributed by atoms with E-state index in [0.717, 1.165) is 13.0 Å². The molecule has 0 fully saturated rings. The summed E-state index contributed by atoms with van der Waals surface area (Å²) in [5, 5.41) is 24.1. The van der Waals surface area contributed by atoms with Gasteiger partial charge in [0.1, 0.15) is 5.84 Å². The number of hydrogen-bond donors (Lipinski definition) is 4. The zero-order valence-electron chi connectivity index (χ0n) is 9.36. The van der Waals surface area contributed by atoms with Gasteiger partial charge >= 0.3 is 0 Å². The van der Waals surface area contributed by atoms with E-state index in [4.69, 9.17) is 10.9 Å². The van der Waals surface area contributed by atoms with Gasteiger partial charge in [-0.15, -0.1) is 0 Å². The molecule has 0 aliphatic rings. The number of hydrogen-bond acceptors (Lipinski definition) is 5. The maximum atomic E-state index is 9.80. The summed E-state index contributed by atoms with van der Waals surface area (Å²) in [4.78, 5) is 0. The zero-order valence-corrected chi connectivity index (χ0v) is 10.2. The Balaban J connectivity index is 3.46.